The van der Waals surface area contributed by atoms with E-state index in [1.807, 2.05) is 19.1 Å². The van der Waals surface area contributed by atoms with E-state index >= 15 is 0 Å². The largest absolute Gasteiger partial charge is 0.478 e. The Bertz CT molecular complexity index is 616. The van der Waals surface area contributed by atoms with Crippen molar-refractivity contribution in [3.63, 3.8) is 0 Å². The molecule has 0 aliphatic rings. The molecular weight excluding hydrogens is 294 g/mol. The van der Waals surface area contributed by atoms with Crippen molar-refractivity contribution in [3.05, 3.63) is 47.1 Å². The normalized spacial score (nSPS) is 10.1. The molecule has 0 unspecified atom stereocenters. The summed E-state index contributed by atoms with van der Waals surface area (Å²) in [6.07, 6.45) is 1.68. The Morgan fingerprint density at radius 2 is 2.20 bits per heavy atom. The fraction of sp³-hybridized carbons (Fsp3) is 0.143. The van der Waals surface area contributed by atoms with Crippen molar-refractivity contribution < 1.29 is 4.74 Å². The van der Waals surface area contributed by atoms with Gasteiger partial charge in [0.15, 0.2) is 0 Å². The van der Waals surface area contributed by atoms with Crippen LogP contribution in [0.1, 0.15) is 12.5 Å². The van der Waals surface area contributed by atoms with Gasteiger partial charge in [0.2, 0.25) is 5.88 Å². The number of nitrogens with zero attached hydrogens (tertiary/aromatic N) is 1. The first kappa shape index (κ1) is 14.6. The molecule has 104 valence electrons. The molecule has 0 aliphatic heterocycles. The Morgan fingerprint density at radius 1 is 1.40 bits per heavy atom. The molecule has 0 saturated heterocycles. The number of thiocarbonyl (C=S) groups is 1. The number of rotatable bonds is 5. The Morgan fingerprint density at radius 3 is 2.80 bits per heavy atom. The fourth-order valence-corrected chi connectivity index (χ4v) is 2.01. The van der Waals surface area contributed by atoms with Crippen molar-refractivity contribution in [2.75, 3.05) is 11.9 Å². The molecule has 2 aromatic rings. The van der Waals surface area contributed by atoms with Gasteiger partial charge in [0.25, 0.3) is 0 Å². The number of anilines is 2. The van der Waals surface area contributed by atoms with E-state index in [4.69, 9.17) is 34.3 Å². The molecular formula is C14H14ClN3OS. The number of aromatic nitrogens is 1. The summed E-state index contributed by atoms with van der Waals surface area (Å²) in [5.74, 6) is 0.587. The van der Waals surface area contributed by atoms with Crippen molar-refractivity contribution in [2.24, 2.45) is 5.73 Å². The van der Waals surface area contributed by atoms with Gasteiger partial charge in [0.1, 0.15) is 4.99 Å². The minimum absolute atomic E-state index is 0.286. The molecule has 1 heterocycles. The predicted molar refractivity (Wildman–Crippen MR) is 86.0 cm³/mol. The first-order valence-corrected chi connectivity index (χ1v) is 6.84. The monoisotopic (exact) mass is 307 g/mol. The third-order valence-electron chi connectivity index (χ3n) is 2.55. The lowest BCUT2D eigenvalue weighted by Crippen LogP contribution is -2.12. The maximum atomic E-state index is 5.95. The van der Waals surface area contributed by atoms with Gasteiger partial charge in [-0.2, -0.15) is 0 Å². The summed E-state index contributed by atoms with van der Waals surface area (Å²) in [6, 6.07) is 8.99. The quantitative estimate of drug-likeness (QED) is 0.828. The number of hydrogen-bond donors (Lipinski definition) is 2. The molecule has 4 nitrogen and oxygen atoms in total. The third kappa shape index (κ3) is 3.59. The molecule has 1 aromatic carbocycles. The van der Waals surface area contributed by atoms with Crippen LogP contribution in [0.25, 0.3) is 0 Å². The lowest BCUT2D eigenvalue weighted by molar-refractivity contribution is 0.327. The van der Waals surface area contributed by atoms with Crippen LogP contribution in [-0.4, -0.2) is 16.6 Å². The second kappa shape index (κ2) is 6.54. The number of hydrogen-bond acceptors (Lipinski definition) is 4. The van der Waals surface area contributed by atoms with Crippen molar-refractivity contribution in [1.29, 1.82) is 0 Å². The number of nitrogens with one attached hydrogen (secondary N) is 1. The summed E-state index contributed by atoms with van der Waals surface area (Å²) >= 11 is 11.0. The summed E-state index contributed by atoms with van der Waals surface area (Å²) in [4.78, 5) is 4.47. The number of halogens is 1. The average Bonchev–Trinajstić information content (AvgIpc) is 2.43. The van der Waals surface area contributed by atoms with Crippen LogP contribution in [0, 0.1) is 0 Å². The highest BCUT2D eigenvalue weighted by molar-refractivity contribution is 7.80. The molecule has 0 aliphatic carbocycles. The minimum atomic E-state index is 0.286. The molecule has 1 aromatic heterocycles. The Balaban J connectivity index is 2.23. The first-order chi connectivity index (χ1) is 9.60. The second-order valence-electron chi connectivity index (χ2n) is 4.00. The van der Waals surface area contributed by atoms with Crippen LogP contribution in [0.15, 0.2) is 36.5 Å². The molecule has 0 bridgehead atoms. The van der Waals surface area contributed by atoms with Crippen LogP contribution in [0.3, 0.4) is 0 Å². The fourth-order valence-electron chi connectivity index (χ4n) is 1.67. The lowest BCUT2D eigenvalue weighted by Gasteiger charge is -2.12. The van der Waals surface area contributed by atoms with Gasteiger partial charge in [-0.25, -0.2) is 4.98 Å². The summed E-state index contributed by atoms with van der Waals surface area (Å²) < 4.78 is 5.29. The number of pyridine rings is 1. The number of nitrogens with two attached hydrogens (primary N) is 1. The van der Waals surface area contributed by atoms with Crippen molar-refractivity contribution >= 4 is 40.2 Å². The van der Waals surface area contributed by atoms with E-state index in [0.717, 1.165) is 11.4 Å². The first-order valence-electron chi connectivity index (χ1n) is 6.05. The molecule has 2 rings (SSSR count). The van der Waals surface area contributed by atoms with Gasteiger partial charge >= 0.3 is 0 Å². The van der Waals surface area contributed by atoms with Crippen LogP contribution < -0.4 is 15.8 Å². The second-order valence-corrected chi connectivity index (χ2v) is 4.87. The van der Waals surface area contributed by atoms with E-state index in [1.165, 1.54) is 0 Å². The van der Waals surface area contributed by atoms with E-state index < -0.39 is 0 Å². The Hall–Kier alpha value is -1.85. The van der Waals surface area contributed by atoms with E-state index in [1.54, 1.807) is 24.4 Å². The smallest absolute Gasteiger partial charge is 0.213 e. The molecule has 0 fully saturated rings. The van der Waals surface area contributed by atoms with Crippen LogP contribution in [0.2, 0.25) is 5.02 Å². The zero-order valence-electron chi connectivity index (χ0n) is 10.9. The number of ether oxygens (including phenoxy) is 1. The summed E-state index contributed by atoms with van der Waals surface area (Å²) in [7, 11) is 0. The molecule has 6 heteroatoms. The van der Waals surface area contributed by atoms with Crippen LogP contribution in [0.4, 0.5) is 11.4 Å². The lowest BCUT2D eigenvalue weighted by atomic mass is 10.1. The highest BCUT2D eigenvalue weighted by atomic mass is 35.5. The van der Waals surface area contributed by atoms with Gasteiger partial charge in [0, 0.05) is 22.3 Å². The Labute approximate surface area is 127 Å². The highest BCUT2D eigenvalue weighted by Crippen LogP contribution is 2.24. The maximum Gasteiger partial charge on any atom is 0.213 e. The molecule has 0 radical (unpaired) electrons. The highest BCUT2D eigenvalue weighted by Gasteiger charge is 2.07. The molecule has 0 amide bonds. The van der Waals surface area contributed by atoms with E-state index in [2.05, 4.69) is 10.3 Å². The maximum absolute atomic E-state index is 5.95. The van der Waals surface area contributed by atoms with Crippen LogP contribution in [-0.2, 0) is 0 Å². The molecule has 20 heavy (non-hydrogen) atoms. The summed E-state index contributed by atoms with van der Waals surface area (Å²) in [5, 5.41) is 3.79. The summed E-state index contributed by atoms with van der Waals surface area (Å²) in [6.45, 7) is 2.50. The SMILES string of the molecule is CCOc1ccc(Nc2ccc(Cl)cc2C(N)=S)cn1. The molecule has 0 saturated carbocycles. The van der Waals surface area contributed by atoms with Crippen molar-refractivity contribution in [1.82, 2.24) is 4.98 Å². The third-order valence-corrected chi connectivity index (χ3v) is 3.01. The Kier molecular flexibility index (Phi) is 4.76. The van der Waals surface area contributed by atoms with E-state index in [0.29, 0.717) is 23.1 Å². The van der Waals surface area contributed by atoms with E-state index in [9.17, 15) is 0 Å². The average molecular weight is 308 g/mol. The van der Waals surface area contributed by atoms with Gasteiger partial charge in [-0.05, 0) is 31.2 Å². The van der Waals surface area contributed by atoms with Gasteiger partial charge in [-0.3, -0.25) is 0 Å². The van der Waals surface area contributed by atoms with Crippen molar-refractivity contribution in [3.8, 4) is 5.88 Å². The summed E-state index contributed by atoms with van der Waals surface area (Å²) in [5.41, 5.74) is 7.99. The van der Waals surface area contributed by atoms with Gasteiger partial charge in [-0.1, -0.05) is 23.8 Å². The topological polar surface area (TPSA) is 60.2 Å². The van der Waals surface area contributed by atoms with E-state index in [-0.39, 0.29) is 4.99 Å². The molecule has 0 spiro atoms. The zero-order chi connectivity index (χ0) is 14.5. The van der Waals surface area contributed by atoms with Gasteiger partial charge < -0.3 is 15.8 Å². The van der Waals surface area contributed by atoms with Crippen molar-refractivity contribution in [2.45, 2.75) is 6.92 Å². The van der Waals surface area contributed by atoms with Crippen LogP contribution in [0.5, 0.6) is 5.88 Å². The number of benzene rings is 1. The molecule has 3 N–H and O–H groups in total. The molecule has 0 atom stereocenters. The van der Waals surface area contributed by atoms with Crippen LogP contribution >= 0.6 is 23.8 Å². The van der Waals surface area contributed by atoms with Gasteiger partial charge in [-0.15, -0.1) is 0 Å². The van der Waals surface area contributed by atoms with Gasteiger partial charge in [0.05, 0.1) is 18.5 Å². The zero-order valence-corrected chi connectivity index (χ0v) is 12.5. The standard InChI is InChI=1S/C14H14ClN3OS/c1-2-19-13-6-4-10(8-17-13)18-12-5-3-9(15)7-11(12)14(16)20/h3-8,18H,2H2,1H3,(H2,16,20). The minimum Gasteiger partial charge on any atom is -0.478 e. The predicted octanol–water partition coefficient (Wildman–Crippen LogP) is 3.51.